The molecule has 0 aromatic heterocycles. The number of benzene rings is 2. The van der Waals surface area contributed by atoms with Gasteiger partial charge in [-0.3, -0.25) is 0 Å². The zero-order valence-corrected chi connectivity index (χ0v) is 14.0. The zero-order valence-electron chi connectivity index (χ0n) is 13.1. The quantitative estimate of drug-likeness (QED) is 0.658. The maximum absolute atomic E-state index is 6.25. The number of hydrogen-bond acceptors (Lipinski definition) is 4. The molecule has 0 saturated carbocycles. The van der Waals surface area contributed by atoms with Crippen LogP contribution in [0.2, 0.25) is 0 Å². The summed E-state index contributed by atoms with van der Waals surface area (Å²) in [5.74, 6) is 1.62. The standard InChI is InChI=1S/C17H20O2S.N2/c1-4-18-15-11-17(20)16(19-5-2)10-14(15)13-8-6-12(3)7-9-13;1-2/h6-11,20H,4-5H2,1-3H3;/p+1. The maximum Gasteiger partial charge on any atom is 0.212 e. The van der Waals surface area contributed by atoms with Crippen molar-refractivity contribution in [2.45, 2.75) is 25.7 Å². The minimum atomic E-state index is 0.620. The molecule has 0 aliphatic carbocycles. The highest BCUT2D eigenvalue weighted by Gasteiger charge is 2.11. The number of ether oxygens (including phenoxy) is 2. The van der Waals surface area contributed by atoms with E-state index >= 15 is 0 Å². The molecule has 0 amide bonds. The molecule has 2 aromatic rings. The number of diazo groups is 1. The van der Waals surface area contributed by atoms with Crippen molar-refractivity contribution < 1.29 is 14.9 Å². The van der Waals surface area contributed by atoms with Crippen LogP contribution >= 0.6 is 12.6 Å². The SMILES string of the molecule is CCOc1cc(-c2ccc(C)cc2)c(OCC)cc1S.N#[NH+]. The van der Waals surface area contributed by atoms with E-state index in [0.29, 0.717) is 13.2 Å². The third kappa shape index (κ3) is 4.40. The lowest BCUT2D eigenvalue weighted by molar-refractivity contribution is -0.175. The van der Waals surface area contributed by atoms with Gasteiger partial charge in [-0.25, -0.2) is 0 Å². The van der Waals surface area contributed by atoms with Crippen LogP contribution in [0.25, 0.3) is 11.1 Å². The van der Waals surface area contributed by atoms with Gasteiger partial charge in [-0.05, 0) is 38.5 Å². The van der Waals surface area contributed by atoms with E-state index in [1.165, 1.54) is 5.56 Å². The summed E-state index contributed by atoms with van der Waals surface area (Å²) in [5.41, 5.74) is 3.39. The molecule has 5 heteroatoms. The number of rotatable bonds is 5. The van der Waals surface area contributed by atoms with Crippen molar-refractivity contribution in [2.75, 3.05) is 13.2 Å². The predicted molar refractivity (Wildman–Crippen MR) is 88.9 cm³/mol. The first-order valence-corrected chi connectivity index (χ1v) is 7.52. The fourth-order valence-electron chi connectivity index (χ4n) is 2.05. The first-order chi connectivity index (χ1) is 10.7. The summed E-state index contributed by atoms with van der Waals surface area (Å²) in [7, 11) is 0. The van der Waals surface area contributed by atoms with Crippen molar-refractivity contribution >= 4 is 12.6 Å². The topological polar surface area (TPSA) is 66.0 Å². The summed E-state index contributed by atoms with van der Waals surface area (Å²) in [6.07, 6.45) is 0. The average Bonchev–Trinajstić information content (AvgIpc) is 2.53. The molecule has 0 saturated heterocycles. The van der Waals surface area contributed by atoms with E-state index in [9.17, 15) is 0 Å². The maximum atomic E-state index is 6.25. The van der Waals surface area contributed by atoms with Gasteiger partial charge in [0.05, 0.1) is 18.6 Å². The van der Waals surface area contributed by atoms with Crippen molar-refractivity contribution in [1.82, 2.24) is 0 Å². The second kappa shape index (κ2) is 8.96. The van der Waals surface area contributed by atoms with Crippen molar-refractivity contribution in [3.63, 3.8) is 0 Å². The van der Waals surface area contributed by atoms with Crippen LogP contribution in [0.4, 0.5) is 0 Å². The number of nitrogens with one attached hydrogen (secondary N) is 1. The minimum Gasteiger partial charge on any atom is -0.493 e. The van der Waals surface area contributed by atoms with E-state index in [2.05, 4.69) is 43.8 Å². The van der Waals surface area contributed by atoms with E-state index in [-0.39, 0.29) is 0 Å². The molecule has 2 rings (SSSR count). The molecule has 0 bridgehead atoms. The van der Waals surface area contributed by atoms with E-state index in [1.54, 1.807) is 0 Å². The van der Waals surface area contributed by atoms with Crippen LogP contribution < -0.4 is 14.9 Å². The highest BCUT2D eigenvalue weighted by atomic mass is 32.1. The van der Waals surface area contributed by atoms with Crippen LogP contribution in [-0.4, -0.2) is 13.2 Å². The second-order valence-corrected chi connectivity index (χ2v) is 5.03. The molecule has 2 aromatic carbocycles. The Labute approximate surface area is 136 Å². The highest BCUT2D eigenvalue weighted by Crippen LogP contribution is 2.38. The van der Waals surface area contributed by atoms with Gasteiger partial charge in [0.2, 0.25) is 5.39 Å². The summed E-state index contributed by atoms with van der Waals surface area (Å²) in [6.45, 7) is 7.27. The highest BCUT2D eigenvalue weighted by molar-refractivity contribution is 7.80. The van der Waals surface area contributed by atoms with Gasteiger partial charge in [0.15, 0.2) is 0 Å². The van der Waals surface area contributed by atoms with E-state index in [1.807, 2.05) is 26.0 Å². The number of nitrogens with zero attached hydrogens (tertiary/aromatic N) is 1. The molecular weight excluding hydrogens is 296 g/mol. The Balaban J connectivity index is 0.00000116. The smallest absolute Gasteiger partial charge is 0.212 e. The average molecular weight is 317 g/mol. The molecule has 0 fully saturated rings. The third-order valence-corrected chi connectivity index (χ3v) is 3.37. The van der Waals surface area contributed by atoms with E-state index < -0.39 is 0 Å². The number of hydrogen-bond donors (Lipinski definition) is 2. The van der Waals surface area contributed by atoms with Crippen LogP contribution in [0.5, 0.6) is 11.5 Å². The summed E-state index contributed by atoms with van der Waals surface area (Å²) in [4.78, 5) is 0.797. The van der Waals surface area contributed by atoms with Gasteiger partial charge in [-0.1, -0.05) is 29.8 Å². The van der Waals surface area contributed by atoms with Gasteiger partial charge in [-0.15, -0.1) is 12.6 Å². The molecule has 0 spiro atoms. The van der Waals surface area contributed by atoms with Crippen LogP contribution in [0, 0.1) is 12.3 Å². The molecule has 0 aliphatic heterocycles. The van der Waals surface area contributed by atoms with Crippen LogP contribution in [0.3, 0.4) is 0 Å². The molecule has 116 valence electrons. The molecular formula is C17H21N2O2S+. The lowest BCUT2D eigenvalue weighted by atomic mass is 10.0. The molecule has 0 aliphatic rings. The van der Waals surface area contributed by atoms with Crippen molar-refractivity contribution in [3.05, 3.63) is 42.0 Å². The lowest BCUT2D eigenvalue weighted by Crippen LogP contribution is -2.11. The predicted octanol–water partition coefficient (Wildman–Crippen LogP) is 3.03. The van der Waals surface area contributed by atoms with E-state index in [4.69, 9.17) is 20.3 Å². The zero-order chi connectivity index (χ0) is 16.5. The van der Waals surface area contributed by atoms with Gasteiger partial charge in [-0.2, -0.15) is 0 Å². The Hall–Kier alpha value is -2.19. The van der Waals surface area contributed by atoms with Crippen LogP contribution in [0.15, 0.2) is 41.3 Å². The summed E-state index contributed by atoms with van der Waals surface area (Å²) in [5, 5.41) is 11.0. The second-order valence-electron chi connectivity index (χ2n) is 4.55. The fraction of sp³-hybridized carbons (Fsp3) is 0.294. The first kappa shape index (κ1) is 17.9. The molecule has 22 heavy (non-hydrogen) atoms. The Kier molecular flexibility index (Phi) is 7.27. The fourth-order valence-corrected chi connectivity index (χ4v) is 2.30. The van der Waals surface area contributed by atoms with Crippen molar-refractivity contribution in [3.8, 4) is 22.6 Å². The summed E-state index contributed by atoms with van der Waals surface area (Å²) < 4.78 is 11.4. The van der Waals surface area contributed by atoms with Crippen molar-refractivity contribution in [1.29, 1.82) is 5.39 Å². The lowest BCUT2D eigenvalue weighted by Gasteiger charge is -2.15. The number of thiol groups is 1. The largest absolute Gasteiger partial charge is 0.493 e. The summed E-state index contributed by atoms with van der Waals surface area (Å²) >= 11 is 4.47. The monoisotopic (exact) mass is 317 g/mol. The Morgan fingerprint density at radius 2 is 1.50 bits per heavy atom. The molecule has 0 heterocycles. The molecule has 1 N–H and O–H groups in total. The normalized spacial score (nSPS) is 9.55. The van der Waals surface area contributed by atoms with Crippen molar-refractivity contribution in [2.24, 2.45) is 0 Å². The van der Waals surface area contributed by atoms with Gasteiger partial charge < -0.3 is 9.47 Å². The molecule has 0 atom stereocenters. The minimum absolute atomic E-state index is 0.620. The van der Waals surface area contributed by atoms with Crippen LogP contribution in [0.1, 0.15) is 19.4 Å². The van der Waals surface area contributed by atoms with Gasteiger partial charge in [0.1, 0.15) is 11.5 Å². The van der Waals surface area contributed by atoms with Gasteiger partial charge in [0, 0.05) is 10.5 Å². The van der Waals surface area contributed by atoms with Gasteiger partial charge in [0.25, 0.3) is 0 Å². The number of aryl methyl sites for hydroxylation is 1. The molecule has 0 unspecified atom stereocenters. The Morgan fingerprint density at radius 3 is 2.05 bits per heavy atom. The van der Waals surface area contributed by atoms with E-state index in [0.717, 1.165) is 27.5 Å². The van der Waals surface area contributed by atoms with Gasteiger partial charge >= 0.3 is 0 Å². The summed E-state index contributed by atoms with van der Waals surface area (Å²) in [6, 6.07) is 12.3. The molecule has 4 nitrogen and oxygen atoms in total. The molecule has 0 radical (unpaired) electrons. The Bertz CT molecular complexity index is 625. The first-order valence-electron chi connectivity index (χ1n) is 7.07. The van der Waals surface area contributed by atoms with Crippen LogP contribution in [-0.2, 0) is 0 Å². The third-order valence-electron chi connectivity index (χ3n) is 3.02. The Morgan fingerprint density at radius 1 is 0.955 bits per heavy atom.